The molecule has 140 valence electrons. The molecule has 0 aliphatic carbocycles. The second-order valence-corrected chi connectivity index (χ2v) is 5.92. The summed E-state index contributed by atoms with van der Waals surface area (Å²) in [6.45, 7) is 1.58. The SMILES string of the molecule is CCC1(O)c2ccccc2C(=O)N1[C@H](C(=O)OC)C(=O)[C@@H](N)CC(=O)O. The van der Waals surface area contributed by atoms with E-state index in [0.717, 1.165) is 12.0 Å². The highest BCUT2D eigenvalue weighted by atomic mass is 16.5. The Morgan fingerprint density at radius 1 is 1.31 bits per heavy atom. The van der Waals surface area contributed by atoms with Crippen LogP contribution in [0.5, 0.6) is 0 Å². The molecular formula is C17H20N2O7. The smallest absolute Gasteiger partial charge is 0.336 e. The quantitative estimate of drug-likeness (QED) is 0.438. The van der Waals surface area contributed by atoms with Gasteiger partial charge in [-0.1, -0.05) is 25.1 Å². The Hall–Kier alpha value is -2.78. The molecule has 0 saturated carbocycles. The molecule has 0 bridgehead atoms. The third-order valence-electron chi connectivity index (χ3n) is 4.41. The molecule has 1 aliphatic heterocycles. The van der Waals surface area contributed by atoms with Crippen molar-refractivity contribution in [1.82, 2.24) is 4.90 Å². The summed E-state index contributed by atoms with van der Waals surface area (Å²) < 4.78 is 4.62. The number of Topliss-reactive ketones (excluding diaryl/α,β-unsaturated/α-hetero) is 1. The van der Waals surface area contributed by atoms with E-state index in [2.05, 4.69) is 4.74 Å². The molecule has 1 aromatic rings. The molecule has 2 rings (SSSR count). The molecule has 0 saturated heterocycles. The van der Waals surface area contributed by atoms with Crippen molar-refractivity contribution >= 4 is 23.6 Å². The van der Waals surface area contributed by atoms with Gasteiger partial charge >= 0.3 is 11.9 Å². The van der Waals surface area contributed by atoms with Gasteiger partial charge in [0, 0.05) is 11.1 Å². The number of carboxylic acids is 1. The van der Waals surface area contributed by atoms with Gasteiger partial charge in [-0.15, -0.1) is 0 Å². The predicted octanol–water partition coefficient (Wildman–Crippen LogP) is -0.390. The molecule has 0 fully saturated rings. The second kappa shape index (κ2) is 7.22. The summed E-state index contributed by atoms with van der Waals surface area (Å²) >= 11 is 0. The van der Waals surface area contributed by atoms with Crippen LogP contribution in [0.2, 0.25) is 0 Å². The maximum atomic E-state index is 12.8. The number of fused-ring (bicyclic) bond motifs is 1. The van der Waals surface area contributed by atoms with E-state index in [1.54, 1.807) is 19.1 Å². The van der Waals surface area contributed by atoms with Gasteiger partial charge in [0.2, 0.25) is 0 Å². The second-order valence-electron chi connectivity index (χ2n) is 5.92. The highest BCUT2D eigenvalue weighted by molar-refractivity contribution is 6.12. The van der Waals surface area contributed by atoms with Crippen molar-refractivity contribution in [2.45, 2.75) is 37.6 Å². The fourth-order valence-electron chi connectivity index (χ4n) is 3.09. The Morgan fingerprint density at radius 2 is 1.92 bits per heavy atom. The highest BCUT2D eigenvalue weighted by Gasteiger charge is 2.55. The Labute approximate surface area is 149 Å². The molecule has 0 aromatic heterocycles. The monoisotopic (exact) mass is 364 g/mol. The molecule has 1 aromatic carbocycles. The molecule has 0 spiro atoms. The number of ketones is 1. The number of amides is 1. The number of esters is 1. The van der Waals surface area contributed by atoms with E-state index in [0.29, 0.717) is 0 Å². The molecule has 1 unspecified atom stereocenters. The summed E-state index contributed by atoms with van der Waals surface area (Å²) in [5.74, 6) is -4.20. The Kier molecular flexibility index (Phi) is 5.43. The van der Waals surface area contributed by atoms with E-state index in [-0.39, 0.29) is 17.5 Å². The third kappa shape index (κ3) is 3.06. The standard InChI is InChI=1S/C17H20N2O7/c1-3-17(25)10-7-5-4-6-9(10)15(23)19(17)13(16(24)26-2)14(22)11(18)8-12(20)21/h4-7,11,13,25H,3,8,18H2,1-2H3,(H,20,21)/t11-,13-,17?/m0/s1. The normalized spacial score (nSPS) is 21.1. The summed E-state index contributed by atoms with van der Waals surface area (Å²) in [7, 11) is 1.02. The van der Waals surface area contributed by atoms with Gasteiger partial charge in [0.05, 0.1) is 19.6 Å². The van der Waals surface area contributed by atoms with Crippen LogP contribution in [0.15, 0.2) is 24.3 Å². The fraction of sp³-hybridized carbons (Fsp3) is 0.412. The summed E-state index contributed by atoms with van der Waals surface area (Å²) in [6, 6.07) is 2.78. The molecule has 26 heavy (non-hydrogen) atoms. The van der Waals surface area contributed by atoms with Crippen molar-refractivity contribution in [2.24, 2.45) is 5.73 Å². The fourth-order valence-corrected chi connectivity index (χ4v) is 3.09. The van der Waals surface area contributed by atoms with Gasteiger partial charge in [-0.05, 0) is 12.5 Å². The number of aliphatic carboxylic acids is 1. The van der Waals surface area contributed by atoms with Crippen LogP contribution in [-0.2, 0) is 24.8 Å². The molecule has 0 radical (unpaired) electrons. The first-order valence-electron chi connectivity index (χ1n) is 7.93. The van der Waals surface area contributed by atoms with Crippen LogP contribution in [0.25, 0.3) is 0 Å². The third-order valence-corrected chi connectivity index (χ3v) is 4.41. The van der Waals surface area contributed by atoms with Gasteiger partial charge < -0.3 is 20.7 Å². The zero-order chi connectivity index (χ0) is 19.6. The lowest BCUT2D eigenvalue weighted by Gasteiger charge is -2.37. The summed E-state index contributed by atoms with van der Waals surface area (Å²) in [4.78, 5) is 49.4. The van der Waals surface area contributed by atoms with Crippen LogP contribution in [0.1, 0.15) is 35.7 Å². The number of hydrogen-bond acceptors (Lipinski definition) is 7. The maximum Gasteiger partial charge on any atom is 0.336 e. The van der Waals surface area contributed by atoms with Gasteiger partial charge in [0.1, 0.15) is 0 Å². The maximum absolute atomic E-state index is 12.8. The van der Waals surface area contributed by atoms with Crippen LogP contribution in [0, 0.1) is 0 Å². The predicted molar refractivity (Wildman–Crippen MR) is 87.8 cm³/mol. The highest BCUT2D eigenvalue weighted by Crippen LogP contribution is 2.41. The van der Waals surface area contributed by atoms with Crippen molar-refractivity contribution in [3.63, 3.8) is 0 Å². The summed E-state index contributed by atoms with van der Waals surface area (Å²) in [6.07, 6.45) is -0.740. The van der Waals surface area contributed by atoms with Gasteiger partial charge in [-0.25, -0.2) is 4.79 Å². The van der Waals surface area contributed by atoms with Crippen LogP contribution in [0.3, 0.4) is 0 Å². The lowest BCUT2D eigenvalue weighted by Crippen LogP contribution is -2.59. The number of carboxylic acid groups (broad SMARTS) is 1. The average molecular weight is 364 g/mol. The van der Waals surface area contributed by atoms with Gasteiger partial charge in [-0.2, -0.15) is 0 Å². The van der Waals surface area contributed by atoms with E-state index in [1.807, 2.05) is 0 Å². The van der Waals surface area contributed by atoms with Gasteiger partial charge in [0.15, 0.2) is 17.6 Å². The first kappa shape index (κ1) is 19.5. The van der Waals surface area contributed by atoms with Crippen molar-refractivity contribution < 1.29 is 34.1 Å². The Bertz CT molecular complexity index is 763. The number of nitrogens with zero attached hydrogens (tertiary/aromatic N) is 1. The Balaban J connectivity index is 2.55. The zero-order valence-electron chi connectivity index (χ0n) is 14.3. The number of ether oxygens (including phenoxy) is 1. The summed E-state index contributed by atoms with van der Waals surface area (Å²) in [5, 5.41) is 19.9. The van der Waals surface area contributed by atoms with E-state index >= 15 is 0 Å². The number of hydrogen-bond donors (Lipinski definition) is 3. The minimum atomic E-state index is -1.93. The van der Waals surface area contributed by atoms with Crippen LogP contribution in [-0.4, -0.2) is 57.9 Å². The molecule has 1 aliphatic rings. The van der Waals surface area contributed by atoms with Crippen LogP contribution >= 0.6 is 0 Å². The first-order valence-corrected chi connectivity index (χ1v) is 7.93. The number of benzene rings is 1. The van der Waals surface area contributed by atoms with Gasteiger partial charge in [0.25, 0.3) is 5.91 Å². The number of rotatable bonds is 7. The topological polar surface area (TPSA) is 147 Å². The van der Waals surface area contributed by atoms with E-state index in [4.69, 9.17) is 10.8 Å². The molecule has 1 amide bonds. The lowest BCUT2D eigenvalue weighted by molar-refractivity contribution is -0.165. The first-order chi connectivity index (χ1) is 12.2. The molecular weight excluding hydrogens is 344 g/mol. The molecule has 9 heteroatoms. The number of carbonyl (C=O) groups excluding carboxylic acids is 3. The van der Waals surface area contributed by atoms with E-state index in [1.165, 1.54) is 12.1 Å². The number of methoxy groups -OCH3 is 1. The molecule has 1 heterocycles. The number of nitrogens with two attached hydrogens (primary N) is 1. The number of carbonyl (C=O) groups is 4. The Morgan fingerprint density at radius 3 is 2.46 bits per heavy atom. The van der Waals surface area contributed by atoms with Crippen LogP contribution in [0.4, 0.5) is 0 Å². The van der Waals surface area contributed by atoms with Crippen LogP contribution < -0.4 is 5.73 Å². The summed E-state index contributed by atoms with van der Waals surface area (Å²) in [5.41, 5.74) is 4.07. The molecule has 4 N–H and O–H groups in total. The average Bonchev–Trinajstić information content (AvgIpc) is 2.84. The van der Waals surface area contributed by atoms with Crippen molar-refractivity contribution in [1.29, 1.82) is 0 Å². The van der Waals surface area contributed by atoms with Crippen molar-refractivity contribution in [2.75, 3.05) is 7.11 Å². The zero-order valence-corrected chi connectivity index (χ0v) is 14.3. The molecule has 3 atom stereocenters. The largest absolute Gasteiger partial charge is 0.481 e. The molecule has 9 nitrogen and oxygen atoms in total. The van der Waals surface area contributed by atoms with Crippen molar-refractivity contribution in [3.8, 4) is 0 Å². The van der Waals surface area contributed by atoms with Gasteiger partial charge in [-0.3, -0.25) is 19.3 Å². The van der Waals surface area contributed by atoms with E-state index in [9.17, 15) is 24.3 Å². The van der Waals surface area contributed by atoms with Crippen molar-refractivity contribution in [3.05, 3.63) is 35.4 Å². The minimum Gasteiger partial charge on any atom is -0.481 e. The minimum absolute atomic E-state index is 0.00923. The van der Waals surface area contributed by atoms with E-state index < -0.39 is 47.9 Å². The number of aliphatic hydroxyl groups is 1. The lowest BCUT2D eigenvalue weighted by atomic mass is 9.96.